The fourth-order valence-electron chi connectivity index (χ4n) is 2.04. The van der Waals surface area contributed by atoms with Gasteiger partial charge >= 0.3 is 0 Å². The number of aromatic nitrogens is 3. The van der Waals surface area contributed by atoms with Gasteiger partial charge in [-0.25, -0.2) is 9.67 Å². The molecule has 0 bridgehead atoms. The van der Waals surface area contributed by atoms with Crippen LogP contribution in [0.25, 0.3) is 0 Å². The van der Waals surface area contributed by atoms with Crippen molar-refractivity contribution in [2.75, 3.05) is 0 Å². The number of halogens is 2. The largest absolute Gasteiger partial charge is 0.483 e. The molecule has 1 aromatic carbocycles. The predicted octanol–water partition coefficient (Wildman–Crippen LogP) is 3.29. The van der Waals surface area contributed by atoms with Gasteiger partial charge < -0.3 is 10.5 Å². The van der Waals surface area contributed by atoms with Gasteiger partial charge in [-0.2, -0.15) is 5.10 Å². The van der Waals surface area contributed by atoms with E-state index in [0.29, 0.717) is 6.61 Å². The van der Waals surface area contributed by atoms with Crippen LogP contribution in [0.3, 0.4) is 0 Å². The molecule has 1 heterocycles. The summed E-state index contributed by atoms with van der Waals surface area (Å²) in [5.74, 6) is 1.56. The average molecular weight is 418 g/mol. The lowest BCUT2D eigenvalue weighted by Gasteiger charge is -2.13. The minimum Gasteiger partial charge on any atom is -0.483 e. The van der Waals surface area contributed by atoms with Crippen molar-refractivity contribution in [3.63, 3.8) is 0 Å². The maximum atomic E-state index is 5.87. The van der Waals surface area contributed by atoms with Crippen LogP contribution in [0.15, 0.2) is 27.4 Å². The topological polar surface area (TPSA) is 66.0 Å². The van der Waals surface area contributed by atoms with Crippen molar-refractivity contribution < 1.29 is 4.74 Å². The van der Waals surface area contributed by atoms with E-state index < -0.39 is 0 Å². The molecule has 0 aliphatic heterocycles. The van der Waals surface area contributed by atoms with Crippen LogP contribution in [0.2, 0.25) is 0 Å². The molecule has 0 saturated carbocycles. The Kier molecular flexibility index (Phi) is 5.78. The Bertz CT molecular complexity index is 590. The Morgan fingerprint density at radius 2 is 2.00 bits per heavy atom. The van der Waals surface area contributed by atoms with Gasteiger partial charge in [0.1, 0.15) is 18.7 Å². The summed E-state index contributed by atoms with van der Waals surface area (Å²) in [5, 5.41) is 4.13. The number of ether oxygens (including phenoxy) is 1. The summed E-state index contributed by atoms with van der Waals surface area (Å²) >= 11 is 7.10. The minimum atomic E-state index is 0.124. The molecule has 114 valence electrons. The molecular weight excluding hydrogens is 400 g/mol. The highest BCUT2D eigenvalue weighted by atomic mass is 79.9. The van der Waals surface area contributed by atoms with E-state index in [9.17, 15) is 0 Å². The van der Waals surface area contributed by atoms with E-state index in [2.05, 4.69) is 41.9 Å². The maximum absolute atomic E-state index is 5.87. The molecule has 0 aliphatic rings. The Morgan fingerprint density at radius 3 is 2.57 bits per heavy atom. The monoisotopic (exact) mass is 416 g/mol. The van der Waals surface area contributed by atoms with E-state index in [0.717, 1.165) is 39.0 Å². The molecule has 0 aliphatic carbocycles. The molecule has 0 fully saturated rings. The molecule has 1 atom stereocenters. The third kappa shape index (κ3) is 4.28. The van der Waals surface area contributed by atoms with E-state index in [1.54, 1.807) is 0 Å². The van der Waals surface area contributed by atoms with Gasteiger partial charge in [0.05, 0.1) is 8.95 Å². The summed E-state index contributed by atoms with van der Waals surface area (Å²) in [6.45, 7) is 5.16. The standard InChI is InChI=1S/C14H18Br2N4O/c1-3-20-13(18-8-19-20)7-21-14-11(15)5-10(4-9(2)17)6-12(14)16/h5-6,8-9H,3-4,7,17H2,1-2H3. The van der Waals surface area contributed by atoms with Crippen molar-refractivity contribution in [1.29, 1.82) is 0 Å². The van der Waals surface area contributed by atoms with Gasteiger partial charge in [-0.1, -0.05) is 0 Å². The van der Waals surface area contributed by atoms with Gasteiger partial charge in [-0.15, -0.1) is 0 Å². The van der Waals surface area contributed by atoms with E-state index >= 15 is 0 Å². The Morgan fingerprint density at radius 1 is 1.33 bits per heavy atom. The number of rotatable bonds is 6. The lowest BCUT2D eigenvalue weighted by atomic mass is 10.1. The predicted molar refractivity (Wildman–Crippen MR) is 89.2 cm³/mol. The molecule has 0 saturated heterocycles. The first-order chi connectivity index (χ1) is 10.0. The van der Waals surface area contributed by atoms with Crippen molar-refractivity contribution in [2.24, 2.45) is 5.73 Å². The highest BCUT2D eigenvalue weighted by Gasteiger charge is 2.12. The molecule has 0 spiro atoms. The summed E-state index contributed by atoms with van der Waals surface area (Å²) < 4.78 is 9.47. The highest BCUT2D eigenvalue weighted by Crippen LogP contribution is 2.35. The SMILES string of the molecule is CCn1ncnc1COc1c(Br)cc(CC(C)N)cc1Br. The molecule has 2 N–H and O–H groups in total. The molecule has 1 unspecified atom stereocenters. The first-order valence-corrected chi connectivity index (χ1v) is 8.32. The third-order valence-corrected chi connectivity index (χ3v) is 4.13. The average Bonchev–Trinajstić information content (AvgIpc) is 2.84. The second kappa shape index (κ2) is 7.38. The maximum Gasteiger partial charge on any atom is 0.164 e. The van der Waals surface area contributed by atoms with Crippen molar-refractivity contribution in [1.82, 2.24) is 14.8 Å². The van der Waals surface area contributed by atoms with E-state index in [1.807, 2.05) is 30.7 Å². The van der Waals surface area contributed by atoms with Crippen LogP contribution in [-0.4, -0.2) is 20.8 Å². The smallest absolute Gasteiger partial charge is 0.164 e. The number of nitrogens with zero attached hydrogens (tertiary/aromatic N) is 3. The van der Waals surface area contributed by atoms with Crippen molar-refractivity contribution in [3.8, 4) is 5.75 Å². The van der Waals surface area contributed by atoms with Crippen LogP contribution in [0, 0.1) is 0 Å². The van der Waals surface area contributed by atoms with Crippen LogP contribution >= 0.6 is 31.9 Å². The minimum absolute atomic E-state index is 0.124. The van der Waals surface area contributed by atoms with Crippen molar-refractivity contribution in [2.45, 2.75) is 39.5 Å². The van der Waals surface area contributed by atoms with Gasteiger partial charge in [0.15, 0.2) is 5.82 Å². The molecule has 2 aromatic rings. The summed E-state index contributed by atoms with van der Waals surface area (Å²) in [7, 11) is 0. The van der Waals surface area contributed by atoms with Crippen LogP contribution in [0.4, 0.5) is 0 Å². The molecule has 0 radical (unpaired) electrons. The van der Waals surface area contributed by atoms with Gasteiger partial charge in [0, 0.05) is 12.6 Å². The van der Waals surface area contributed by atoms with Gasteiger partial charge in [0.2, 0.25) is 0 Å². The van der Waals surface area contributed by atoms with Crippen LogP contribution in [0.5, 0.6) is 5.75 Å². The van der Waals surface area contributed by atoms with Crippen LogP contribution < -0.4 is 10.5 Å². The zero-order chi connectivity index (χ0) is 15.4. The molecule has 21 heavy (non-hydrogen) atoms. The van der Waals surface area contributed by atoms with E-state index in [4.69, 9.17) is 10.5 Å². The van der Waals surface area contributed by atoms with Crippen LogP contribution in [0.1, 0.15) is 25.2 Å². The van der Waals surface area contributed by atoms with Gasteiger partial charge in [0.25, 0.3) is 0 Å². The lowest BCUT2D eigenvalue weighted by Crippen LogP contribution is -2.17. The molecule has 0 amide bonds. The van der Waals surface area contributed by atoms with Crippen LogP contribution in [-0.2, 0) is 19.6 Å². The number of hydrogen-bond donors (Lipinski definition) is 1. The van der Waals surface area contributed by atoms with E-state index in [1.165, 1.54) is 6.33 Å². The fraction of sp³-hybridized carbons (Fsp3) is 0.429. The number of hydrogen-bond acceptors (Lipinski definition) is 4. The number of benzene rings is 1. The lowest BCUT2D eigenvalue weighted by molar-refractivity contribution is 0.283. The second-order valence-corrected chi connectivity index (χ2v) is 6.56. The number of aryl methyl sites for hydroxylation is 1. The molecule has 2 rings (SSSR count). The van der Waals surface area contributed by atoms with Crippen molar-refractivity contribution in [3.05, 3.63) is 38.8 Å². The molecule has 7 heteroatoms. The fourth-order valence-corrected chi connectivity index (χ4v) is 3.55. The zero-order valence-corrected chi connectivity index (χ0v) is 15.2. The summed E-state index contributed by atoms with van der Waals surface area (Å²) in [5.41, 5.74) is 7.00. The first kappa shape index (κ1) is 16.5. The van der Waals surface area contributed by atoms with Crippen molar-refractivity contribution >= 4 is 31.9 Å². The van der Waals surface area contributed by atoms with Gasteiger partial charge in [-0.3, -0.25) is 0 Å². The normalized spacial score (nSPS) is 12.4. The summed E-state index contributed by atoms with van der Waals surface area (Å²) in [4.78, 5) is 4.20. The highest BCUT2D eigenvalue weighted by molar-refractivity contribution is 9.11. The molecule has 1 aromatic heterocycles. The Hall–Kier alpha value is -0.920. The van der Waals surface area contributed by atoms with E-state index in [-0.39, 0.29) is 6.04 Å². The summed E-state index contributed by atoms with van der Waals surface area (Å²) in [6.07, 6.45) is 2.36. The summed E-state index contributed by atoms with van der Waals surface area (Å²) in [6, 6.07) is 4.20. The second-order valence-electron chi connectivity index (χ2n) is 4.85. The molecular formula is C14H18Br2N4O. The number of nitrogens with two attached hydrogens (primary N) is 1. The Balaban J connectivity index is 2.13. The quantitative estimate of drug-likeness (QED) is 0.782. The molecule has 5 nitrogen and oxygen atoms in total. The Labute approximate surface area is 141 Å². The van der Waals surface area contributed by atoms with Gasteiger partial charge in [-0.05, 0) is 69.8 Å². The third-order valence-electron chi connectivity index (χ3n) is 2.96. The first-order valence-electron chi connectivity index (χ1n) is 6.74. The zero-order valence-electron chi connectivity index (χ0n) is 12.0.